The number of halogens is 2. The van der Waals surface area contributed by atoms with Crippen LogP contribution in [0.1, 0.15) is 15.9 Å². The number of hydrogen-bond acceptors (Lipinski definition) is 5. The maximum Gasteiger partial charge on any atom is 0.283 e. The van der Waals surface area contributed by atoms with Crippen molar-refractivity contribution in [3.8, 4) is 0 Å². The van der Waals surface area contributed by atoms with Gasteiger partial charge in [0.1, 0.15) is 0 Å². The summed E-state index contributed by atoms with van der Waals surface area (Å²) in [4.78, 5) is 24.3. The molecule has 6 nitrogen and oxygen atoms in total. The van der Waals surface area contributed by atoms with Gasteiger partial charge in [-0.2, -0.15) is 5.10 Å². The maximum atomic E-state index is 12.0. The number of hydrazone groups is 1. The number of nitrogens with zero attached hydrogens (tertiary/aromatic N) is 2. The summed E-state index contributed by atoms with van der Waals surface area (Å²) < 4.78 is 0. The van der Waals surface area contributed by atoms with Gasteiger partial charge in [0.05, 0.1) is 16.0 Å². The third-order valence-electron chi connectivity index (χ3n) is 3.71. The van der Waals surface area contributed by atoms with E-state index in [1.54, 1.807) is 60.7 Å². The zero-order chi connectivity index (χ0) is 20.8. The van der Waals surface area contributed by atoms with Crippen molar-refractivity contribution >= 4 is 52.8 Å². The second-order valence-corrected chi connectivity index (χ2v) is 7.73. The number of carbonyl (C=O) groups excluding carboxylic acids is 1. The second-order valence-electron chi connectivity index (χ2n) is 5.75. The Labute approximate surface area is 180 Å². The van der Waals surface area contributed by atoms with Gasteiger partial charge in [0, 0.05) is 32.1 Å². The van der Waals surface area contributed by atoms with Crippen molar-refractivity contribution in [2.45, 2.75) is 9.79 Å². The van der Waals surface area contributed by atoms with E-state index in [2.05, 4.69) is 10.5 Å². The van der Waals surface area contributed by atoms with Crippen LogP contribution in [0, 0.1) is 10.1 Å². The van der Waals surface area contributed by atoms with E-state index in [0.717, 1.165) is 4.90 Å². The van der Waals surface area contributed by atoms with Crippen LogP contribution in [0.25, 0.3) is 0 Å². The molecule has 0 radical (unpaired) electrons. The number of rotatable bonds is 6. The molecule has 0 saturated carbocycles. The lowest BCUT2D eigenvalue weighted by Gasteiger charge is -2.04. The van der Waals surface area contributed by atoms with Crippen LogP contribution in [0.4, 0.5) is 5.69 Å². The Balaban J connectivity index is 1.73. The van der Waals surface area contributed by atoms with E-state index in [1.165, 1.54) is 24.0 Å². The number of nitro groups is 1. The lowest BCUT2D eigenvalue weighted by molar-refractivity contribution is -0.387. The molecule has 0 bridgehead atoms. The highest BCUT2D eigenvalue weighted by Gasteiger charge is 2.15. The third-order valence-corrected chi connectivity index (χ3v) is 5.28. The quantitative estimate of drug-likeness (QED) is 0.294. The van der Waals surface area contributed by atoms with Gasteiger partial charge < -0.3 is 0 Å². The standard InChI is InChI=1S/C20H13Cl2N3O3S/c21-15-4-2-14(3-5-15)20(26)24-23-12-13-1-10-19(18(11-13)25(27)28)29-17-8-6-16(22)7-9-17/h1-12H,(H,24,26)/b23-12+. The van der Waals surface area contributed by atoms with E-state index in [-0.39, 0.29) is 5.69 Å². The summed E-state index contributed by atoms with van der Waals surface area (Å²) in [7, 11) is 0. The fourth-order valence-electron chi connectivity index (χ4n) is 2.30. The van der Waals surface area contributed by atoms with Crippen LogP contribution in [0.15, 0.2) is 81.6 Å². The summed E-state index contributed by atoms with van der Waals surface area (Å²) in [5.74, 6) is -0.415. The Morgan fingerprint density at radius 3 is 2.24 bits per heavy atom. The van der Waals surface area contributed by atoms with E-state index in [1.807, 2.05) is 0 Å². The van der Waals surface area contributed by atoms with Crippen LogP contribution < -0.4 is 5.43 Å². The van der Waals surface area contributed by atoms with E-state index in [0.29, 0.717) is 26.1 Å². The topological polar surface area (TPSA) is 84.6 Å². The highest BCUT2D eigenvalue weighted by molar-refractivity contribution is 7.99. The van der Waals surface area contributed by atoms with Crippen LogP contribution in [0.2, 0.25) is 10.0 Å². The van der Waals surface area contributed by atoms with Crippen molar-refractivity contribution in [2.75, 3.05) is 0 Å². The van der Waals surface area contributed by atoms with Gasteiger partial charge in [-0.1, -0.05) is 41.0 Å². The summed E-state index contributed by atoms with van der Waals surface area (Å²) in [5, 5.41) is 16.4. The molecular formula is C20H13Cl2N3O3S. The van der Waals surface area contributed by atoms with Gasteiger partial charge in [-0.3, -0.25) is 14.9 Å². The molecule has 1 N–H and O–H groups in total. The molecule has 3 aromatic rings. The molecular weight excluding hydrogens is 433 g/mol. The molecule has 0 heterocycles. The van der Waals surface area contributed by atoms with Gasteiger partial charge in [-0.15, -0.1) is 0 Å². The van der Waals surface area contributed by atoms with E-state index >= 15 is 0 Å². The summed E-state index contributed by atoms with van der Waals surface area (Å²) in [6.07, 6.45) is 1.34. The normalized spacial score (nSPS) is 10.8. The van der Waals surface area contributed by atoms with Crippen LogP contribution in [-0.4, -0.2) is 17.0 Å². The third kappa shape index (κ3) is 5.80. The van der Waals surface area contributed by atoms with Gasteiger partial charge in [-0.05, 0) is 54.6 Å². The predicted molar refractivity (Wildman–Crippen MR) is 115 cm³/mol. The van der Waals surface area contributed by atoms with Gasteiger partial charge in [0.25, 0.3) is 11.6 Å². The minimum absolute atomic E-state index is 0.0575. The lowest BCUT2D eigenvalue weighted by Crippen LogP contribution is -2.17. The van der Waals surface area contributed by atoms with Crippen LogP contribution in [-0.2, 0) is 0 Å². The Kier molecular flexibility index (Phi) is 6.87. The average Bonchev–Trinajstić information content (AvgIpc) is 2.71. The highest BCUT2D eigenvalue weighted by Crippen LogP contribution is 2.35. The first-order chi connectivity index (χ1) is 13.9. The molecule has 0 aliphatic carbocycles. The summed E-state index contributed by atoms with van der Waals surface area (Å²) in [6, 6.07) is 18.1. The Morgan fingerprint density at radius 2 is 1.62 bits per heavy atom. The number of hydrogen-bond donors (Lipinski definition) is 1. The zero-order valence-electron chi connectivity index (χ0n) is 14.7. The molecule has 0 aromatic heterocycles. The summed E-state index contributed by atoms with van der Waals surface area (Å²) in [5.41, 5.74) is 3.19. The molecule has 3 rings (SSSR count). The molecule has 146 valence electrons. The van der Waals surface area contributed by atoms with Crippen LogP contribution in [0.3, 0.4) is 0 Å². The maximum absolute atomic E-state index is 12.0. The van der Waals surface area contributed by atoms with Gasteiger partial charge in [-0.25, -0.2) is 5.43 Å². The number of nitro benzene ring substituents is 1. The molecule has 0 spiro atoms. The first-order valence-corrected chi connectivity index (χ1v) is 9.80. The largest absolute Gasteiger partial charge is 0.283 e. The summed E-state index contributed by atoms with van der Waals surface area (Å²) in [6.45, 7) is 0. The number of benzene rings is 3. The smallest absolute Gasteiger partial charge is 0.267 e. The lowest BCUT2D eigenvalue weighted by atomic mass is 10.2. The van der Waals surface area contributed by atoms with Crippen molar-refractivity contribution in [3.63, 3.8) is 0 Å². The molecule has 0 unspecified atom stereocenters. The molecule has 1 amide bonds. The molecule has 3 aromatic carbocycles. The number of nitrogens with one attached hydrogen (secondary N) is 1. The van der Waals surface area contributed by atoms with Gasteiger partial charge >= 0.3 is 0 Å². The highest BCUT2D eigenvalue weighted by atomic mass is 35.5. The van der Waals surface area contributed by atoms with Gasteiger partial charge in [0.15, 0.2) is 0 Å². The fraction of sp³-hybridized carbons (Fsp3) is 0. The minimum atomic E-state index is -0.456. The monoisotopic (exact) mass is 445 g/mol. The van der Waals surface area contributed by atoms with Crippen LogP contribution >= 0.6 is 35.0 Å². The van der Waals surface area contributed by atoms with E-state index in [9.17, 15) is 14.9 Å². The van der Waals surface area contributed by atoms with Gasteiger partial charge in [0.2, 0.25) is 0 Å². The number of amides is 1. The predicted octanol–water partition coefficient (Wildman–Crippen LogP) is 5.82. The van der Waals surface area contributed by atoms with Crippen molar-refractivity contribution < 1.29 is 9.72 Å². The Morgan fingerprint density at radius 1 is 1.00 bits per heavy atom. The van der Waals surface area contributed by atoms with E-state index in [4.69, 9.17) is 23.2 Å². The molecule has 0 aliphatic heterocycles. The zero-order valence-corrected chi connectivity index (χ0v) is 17.0. The first-order valence-electron chi connectivity index (χ1n) is 8.23. The number of carbonyl (C=O) groups is 1. The average molecular weight is 446 g/mol. The summed E-state index contributed by atoms with van der Waals surface area (Å²) >= 11 is 12.9. The molecule has 9 heteroatoms. The molecule has 29 heavy (non-hydrogen) atoms. The molecule has 0 saturated heterocycles. The molecule has 0 atom stereocenters. The Bertz CT molecular complexity index is 1070. The minimum Gasteiger partial charge on any atom is -0.267 e. The van der Waals surface area contributed by atoms with Crippen molar-refractivity contribution in [1.29, 1.82) is 0 Å². The molecule has 0 fully saturated rings. The van der Waals surface area contributed by atoms with Crippen molar-refractivity contribution in [1.82, 2.24) is 5.43 Å². The first kappa shape index (κ1) is 20.9. The van der Waals surface area contributed by atoms with Crippen molar-refractivity contribution in [2.24, 2.45) is 5.10 Å². The second kappa shape index (κ2) is 9.56. The van der Waals surface area contributed by atoms with Crippen molar-refractivity contribution in [3.05, 3.63) is 98.0 Å². The SMILES string of the molecule is O=C(N/N=C/c1ccc(Sc2ccc(Cl)cc2)c([N+](=O)[O-])c1)c1ccc(Cl)cc1. The molecule has 0 aliphatic rings. The fourth-order valence-corrected chi connectivity index (χ4v) is 3.46. The Hall–Kier alpha value is -2.87. The van der Waals surface area contributed by atoms with Crippen LogP contribution in [0.5, 0.6) is 0 Å². The van der Waals surface area contributed by atoms with E-state index < -0.39 is 10.8 Å².